The third-order valence-corrected chi connectivity index (χ3v) is 3.81. The van der Waals surface area contributed by atoms with E-state index in [0.717, 1.165) is 0 Å². The summed E-state index contributed by atoms with van der Waals surface area (Å²) in [5, 5.41) is 2.59. The number of hydrogen-bond acceptors (Lipinski definition) is 6. The van der Waals surface area contributed by atoms with E-state index >= 15 is 0 Å². The topological polar surface area (TPSA) is 90.9 Å². The number of hydrogen-bond donors (Lipinski definition) is 1. The van der Waals surface area contributed by atoms with Gasteiger partial charge >= 0.3 is 12.1 Å². The molecule has 7 nitrogen and oxygen atoms in total. The van der Waals surface area contributed by atoms with Gasteiger partial charge < -0.3 is 14.2 Å². The molecule has 0 heterocycles. The largest absolute Gasteiger partial charge is 0.496 e. The summed E-state index contributed by atoms with van der Waals surface area (Å²) in [6.07, 6.45) is -0.578. The van der Waals surface area contributed by atoms with Crippen LogP contribution in [0.2, 0.25) is 0 Å². The summed E-state index contributed by atoms with van der Waals surface area (Å²) in [4.78, 5) is 35.7. The Hall–Kier alpha value is -3.35. The molecule has 0 aliphatic heterocycles. The van der Waals surface area contributed by atoms with Crippen molar-refractivity contribution in [1.29, 1.82) is 0 Å². The second-order valence-electron chi connectivity index (χ2n) is 7.36. The average molecular weight is 399 g/mol. The van der Waals surface area contributed by atoms with E-state index in [4.69, 9.17) is 14.2 Å². The number of nitrogens with one attached hydrogen (secondary N) is 1. The Labute approximate surface area is 170 Å². The summed E-state index contributed by atoms with van der Waals surface area (Å²) in [5.74, 6) is -0.0999. The van der Waals surface area contributed by atoms with Gasteiger partial charge in [-0.2, -0.15) is 0 Å². The van der Waals surface area contributed by atoms with Gasteiger partial charge in [0.25, 0.3) is 0 Å². The number of esters is 1. The number of carbonyl (C=O) groups is 3. The Morgan fingerprint density at radius 3 is 2.14 bits per heavy atom. The van der Waals surface area contributed by atoms with E-state index in [0.29, 0.717) is 28.1 Å². The lowest BCUT2D eigenvalue weighted by Crippen LogP contribution is -2.27. The van der Waals surface area contributed by atoms with Crippen molar-refractivity contribution in [2.45, 2.75) is 39.9 Å². The maximum Gasteiger partial charge on any atom is 0.412 e. The van der Waals surface area contributed by atoms with E-state index in [-0.39, 0.29) is 12.4 Å². The summed E-state index contributed by atoms with van der Waals surface area (Å²) in [5.41, 5.74) is 1.31. The van der Waals surface area contributed by atoms with Crippen molar-refractivity contribution in [3.8, 4) is 5.75 Å². The summed E-state index contributed by atoms with van der Waals surface area (Å²) >= 11 is 0. The molecule has 7 heteroatoms. The Kier molecular flexibility index (Phi) is 6.98. The van der Waals surface area contributed by atoms with E-state index in [2.05, 4.69) is 5.32 Å². The number of amides is 1. The lowest BCUT2D eigenvalue weighted by molar-refractivity contribution is 0.0470. The number of anilines is 1. The summed E-state index contributed by atoms with van der Waals surface area (Å²) in [6.45, 7) is 6.73. The lowest BCUT2D eigenvalue weighted by Gasteiger charge is -2.19. The van der Waals surface area contributed by atoms with Gasteiger partial charge in [-0.25, -0.2) is 9.59 Å². The van der Waals surface area contributed by atoms with Crippen LogP contribution in [0.25, 0.3) is 0 Å². The zero-order valence-corrected chi connectivity index (χ0v) is 17.2. The second-order valence-corrected chi connectivity index (χ2v) is 7.36. The molecule has 0 radical (unpaired) electrons. The fourth-order valence-corrected chi connectivity index (χ4v) is 2.45. The number of carbonyl (C=O) groups excluding carboxylic acids is 3. The predicted octanol–water partition coefficient (Wildman–Crippen LogP) is 4.60. The number of rotatable bonds is 6. The quantitative estimate of drug-likeness (QED) is 0.564. The number of ketones is 1. The summed E-state index contributed by atoms with van der Waals surface area (Å²) < 4.78 is 15.8. The molecule has 154 valence electrons. The highest BCUT2D eigenvalue weighted by molar-refractivity contribution is 5.94. The van der Waals surface area contributed by atoms with Crippen molar-refractivity contribution < 1.29 is 28.6 Å². The number of benzene rings is 2. The van der Waals surface area contributed by atoms with Gasteiger partial charge in [-0.15, -0.1) is 0 Å². The van der Waals surface area contributed by atoms with Gasteiger partial charge in [-0.1, -0.05) is 0 Å². The Morgan fingerprint density at radius 1 is 0.966 bits per heavy atom. The third-order valence-electron chi connectivity index (χ3n) is 3.81. The SMILES string of the molecule is COc1ccc(C(C)=O)cc1COC(=O)c1ccc(NC(=O)OC(C)(C)C)cc1. The van der Waals surface area contributed by atoms with Crippen LogP contribution < -0.4 is 10.1 Å². The molecule has 29 heavy (non-hydrogen) atoms. The zero-order valence-electron chi connectivity index (χ0n) is 17.2. The van der Waals surface area contributed by atoms with Crippen molar-refractivity contribution in [3.05, 3.63) is 59.2 Å². The van der Waals surface area contributed by atoms with E-state index in [9.17, 15) is 14.4 Å². The highest BCUT2D eigenvalue weighted by Crippen LogP contribution is 2.22. The molecular formula is C22H25NO6. The first kappa shape index (κ1) is 21.9. The molecule has 0 aromatic heterocycles. The maximum atomic E-state index is 12.3. The highest BCUT2D eigenvalue weighted by Gasteiger charge is 2.16. The number of methoxy groups -OCH3 is 1. The maximum absolute atomic E-state index is 12.3. The Bertz CT molecular complexity index is 897. The fourth-order valence-electron chi connectivity index (χ4n) is 2.45. The molecule has 0 spiro atoms. The minimum absolute atomic E-state index is 0.0406. The number of ether oxygens (including phenoxy) is 3. The fraction of sp³-hybridized carbons (Fsp3) is 0.318. The first-order valence-electron chi connectivity index (χ1n) is 9.04. The van der Waals surface area contributed by atoms with Crippen LogP contribution >= 0.6 is 0 Å². The molecular weight excluding hydrogens is 374 g/mol. The highest BCUT2D eigenvalue weighted by atomic mass is 16.6. The van der Waals surface area contributed by atoms with Crippen LogP contribution in [0.3, 0.4) is 0 Å². The molecule has 1 amide bonds. The van der Waals surface area contributed by atoms with Gasteiger partial charge in [0.15, 0.2) is 5.78 Å². The molecule has 0 fully saturated rings. The smallest absolute Gasteiger partial charge is 0.412 e. The molecule has 2 rings (SSSR count). The first-order chi connectivity index (χ1) is 13.6. The van der Waals surface area contributed by atoms with Gasteiger partial charge in [0, 0.05) is 16.8 Å². The molecule has 0 unspecified atom stereocenters. The van der Waals surface area contributed by atoms with Crippen molar-refractivity contribution in [3.63, 3.8) is 0 Å². The van der Waals surface area contributed by atoms with Gasteiger partial charge in [0.1, 0.15) is 18.0 Å². The molecule has 2 aromatic carbocycles. The van der Waals surface area contributed by atoms with Crippen LogP contribution in [0.4, 0.5) is 10.5 Å². The standard InChI is InChI=1S/C22H25NO6/c1-14(24)16-8-11-19(27-5)17(12-16)13-28-20(25)15-6-9-18(10-7-15)23-21(26)29-22(2,3)4/h6-12H,13H2,1-5H3,(H,23,26). The van der Waals surface area contributed by atoms with E-state index in [1.807, 2.05) is 0 Å². The Morgan fingerprint density at radius 2 is 1.59 bits per heavy atom. The minimum atomic E-state index is -0.603. The normalized spacial score (nSPS) is 10.8. The van der Waals surface area contributed by atoms with Gasteiger partial charge in [-0.05, 0) is 70.2 Å². The molecule has 2 aromatic rings. The van der Waals surface area contributed by atoms with Crippen molar-refractivity contribution >= 4 is 23.5 Å². The molecule has 1 N–H and O–H groups in total. The summed E-state index contributed by atoms with van der Waals surface area (Å²) in [7, 11) is 1.50. The van der Waals surface area contributed by atoms with E-state index < -0.39 is 17.7 Å². The average Bonchev–Trinajstić information content (AvgIpc) is 2.64. The second kappa shape index (κ2) is 9.23. The third kappa shape index (κ3) is 6.64. The molecule has 0 saturated carbocycles. The Balaban J connectivity index is 2.00. The van der Waals surface area contributed by atoms with Crippen LogP contribution in [-0.4, -0.2) is 30.6 Å². The van der Waals surface area contributed by atoms with Crippen LogP contribution in [0.5, 0.6) is 5.75 Å². The molecule has 0 bridgehead atoms. The van der Waals surface area contributed by atoms with Gasteiger partial charge in [0.05, 0.1) is 12.7 Å². The van der Waals surface area contributed by atoms with Gasteiger partial charge in [0.2, 0.25) is 0 Å². The van der Waals surface area contributed by atoms with Crippen LogP contribution in [0.1, 0.15) is 54.0 Å². The van der Waals surface area contributed by atoms with Crippen LogP contribution in [-0.2, 0) is 16.1 Å². The molecule has 0 saturated heterocycles. The minimum Gasteiger partial charge on any atom is -0.496 e. The zero-order chi connectivity index (χ0) is 21.6. The molecule has 0 aliphatic carbocycles. The molecule has 0 aliphatic rings. The molecule has 0 atom stereocenters. The predicted molar refractivity (Wildman–Crippen MR) is 108 cm³/mol. The van der Waals surface area contributed by atoms with Gasteiger partial charge in [-0.3, -0.25) is 10.1 Å². The summed E-state index contributed by atoms with van der Waals surface area (Å²) in [6, 6.07) is 11.2. The van der Waals surface area contributed by atoms with Crippen molar-refractivity contribution in [2.75, 3.05) is 12.4 Å². The first-order valence-corrected chi connectivity index (χ1v) is 9.04. The van der Waals surface area contributed by atoms with Crippen LogP contribution in [0, 0.1) is 0 Å². The van der Waals surface area contributed by atoms with Crippen molar-refractivity contribution in [2.24, 2.45) is 0 Å². The van der Waals surface area contributed by atoms with Crippen molar-refractivity contribution in [1.82, 2.24) is 0 Å². The lowest BCUT2D eigenvalue weighted by atomic mass is 10.1. The number of Topliss-reactive ketones (excluding diaryl/α,β-unsaturated/α-hetero) is 1. The monoisotopic (exact) mass is 399 g/mol. The van der Waals surface area contributed by atoms with E-state index in [1.54, 1.807) is 51.1 Å². The van der Waals surface area contributed by atoms with Crippen LogP contribution in [0.15, 0.2) is 42.5 Å². The van der Waals surface area contributed by atoms with E-state index in [1.165, 1.54) is 26.2 Å².